The molecule has 1 aliphatic heterocycles. The lowest BCUT2D eigenvalue weighted by atomic mass is 10.1. The summed E-state index contributed by atoms with van der Waals surface area (Å²) in [7, 11) is 0. The highest BCUT2D eigenvalue weighted by atomic mass is 16.3. The molecule has 0 amide bonds. The first-order valence-corrected chi connectivity index (χ1v) is 5.19. The SMILES string of the molecule is Cc1cc(C=O)ccc1N1CCC(O)C1. The van der Waals surface area contributed by atoms with E-state index in [1.54, 1.807) is 0 Å². The van der Waals surface area contributed by atoms with Crippen LogP contribution in [-0.4, -0.2) is 30.6 Å². The van der Waals surface area contributed by atoms with Gasteiger partial charge in [-0.2, -0.15) is 0 Å². The minimum absolute atomic E-state index is 0.213. The summed E-state index contributed by atoms with van der Waals surface area (Å²) in [6, 6.07) is 5.66. The Morgan fingerprint density at radius 2 is 2.33 bits per heavy atom. The number of carbonyl (C=O) groups is 1. The van der Waals surface area contributed by atoms with Crippen LogP contribution in [0.2, 0.25) is 0 Å². The highest BCUT2D eigenvalue weighted by molar-refractivity contribution is 5.77. The molecule has 1 unspecified atom stereocenters. The molecule has 0 radical (unpaired) electrons. The first-order chi connectivity index (χ1) is 7.20. The third-order valence-electron chi connectivity index (χ3n) is 2.86. The molecule has 0 saturated carbocycles. The Kier molecular flexibility index (Phi) is 2.73. The van der Waals surface area contributed by atoms with Gasteiger partial charge >= 0.3 is 0 Å². The van der Waals surface area contributed by atoms with Gasteiger partial charge in [-0.1, -0.05) is 0 Å². The van der Waals surface area contributed by atoms with Crippen LogP contribution in [0.1, 0.15) is 22.3 Å². The van der Waals surface area contributed by atoms with Crippen molar-refractivity contribution in [3.8, 4) is 0 Å². The fourth-order valence-electron chi connectivity index (χ4n) is 2.07. The first-order valence-electron chi connectivity index (χ1n) is 5.19. The van der Waals surface area contributed by atoms with Crippen molar-refractivity contribution in [2.45, 2.75) is 19.4 Å². The number of aryl methyl sites for hydroxylation is 1. The number of benzene rings is 1. The van der Waals surface area contributed by atoms with Crippen LogP contribution in [0.4, 0.5) is 5.69 Å². The Labute approximate surface area is 89.3 Å². The molecule has 1 N–H and O–H groups in total. The van der Waals surface area contributed by atoms with Crippen molar-refractivity contribution < 1.29 is 9.90 Å². The molecule has 2 rings (SSSR count). The summed E-state index contributed by atoms with van der Waals surface area (Å²) in [5.41, 5.74) is 2.92. The Hall–Kier alpha value is -1.35. The third-order valence-corrected chi connectivity index (χ3v) is 2.86. The summed E-state index contributed by atoms with van der Waals surface area (Å²) in [5, 5.41) is 9.45. The average Bonchev–Trinajstić information content (AvgIpc) is 2.64. The minimum Gasteiger partial charge on any atom is -0.391 e. The van der Waals surface area contributed by atoms with E-state index >= 15 is 0 Å². The number of nitrogens with zero attached hydrogens (tertiary/aromatic N) is 1. The van der Waals surface area contributed by atoms with Crippen molar-refractivity contribution in [2.75, 3.05) is 18.0 Å². The molecular formula is C12H15NO2. The zero-order valence-corrected chi connectivity index (χ0v) is 8.81. The van der Waals surface area contributed by atoms with Crippen LogP contribution in [0.15, 0.2) is 18.2 Å². The molecule has 0 aromatic heterocycles. The maximum Gasteiger partial charge on any atom is 0.150 e. The smallest absolute Gasteiger partial charge is 0.150 e. The lowest BCUT2D eigenvalue weighted by Crippen LogP contribution is -2.21. The lowest BCUT2D eigenvalue weighted by Gasteiger charge is -2.20. The average molecular weight is 205 g/mol. The number of anilines is 1. The Morgan fingerprint density at radius 3 is 2.87 bits per heavy atom. The molecule has 0 bridgehead atoms. The first kappa shape index (κ1) is 10.2. The van der Waals surface area contributed by atoms with Gasteiger partial charge in [0.05, 0.1) is 6.10 Å². The van der Waals surface area contributed by atoms with Crippen molar-refractivity contribution in [2.24, 2.45) is 0 Å². The molecule has 1 aromatic rings. The van der Waals surface area contributed by atoms with Crippen LogP contribution >= 0.6 is 0 Å². The van der Waals surface area contributed by atoms with Gasteiger partial charge in [0.2, 0.25) is 0 Å². The van der Waals surface area contributed by atoms with E-state index in [2.05, 4.69) is 4.90 Å². The summed E-state index contributed by atoms with van der Waals surface area (Å²) >= 11 is 0. The summed E-state index contributed by atoms with van der Waals surface area (Å²) < 4.78 is 0. The fraction of sp³-hybridized carbons (Fsp3) is 0.417. The molecule has 1 aromatic carbocycles. The highest BCUT2D eigenvalue weighted by Gasteiger charge is 2.21. The van der Waals surface area contributed by atoms with Gasteiger partial charge in [-0.25, -0.2) is 0 Å². The van der Waals surface area contributed by atoms with E-state index in [0.29, 0.717) is 12.1 Å². The van der Waals surface area contributed by atoms with Gasteiger partial charge in [-0.15, -0.1) is 0 Å². The number of aliphatic hydroxyl groups excluding tert-OH is 1. The summed E-state index contributed by atoms with van der Waals surface area (Å²) in [5.74, 6) is 0. The summed E-state index contributed by atoms with van der Waals surface area (Å²) in [6.07, 6.45) is 1.47. The van der Waals surface area contributed by atoms with E-state index in [9.17, 15) is 9.90 Å². The van der Waals surface area contributed by atoms with Crippen molar-refractivity contribution in [3.63, 3.8) is 0 Å². The normalized spacial score (nSPS) is 20.7. The summed E-state index contributed by atoms with van der Waals surface area (Å²) in [4.78, 5) is 12.8. The predicted molar refractivity (Wildman–Crippen MR) is 59.4 cm³/mol. The second-order valence-electron chi connectivity index (χ2n) is 4.05. The van der Waals surface area contributed by atoms with Crippen molar-refractivity contribution in [3.05, 3.63) is 29.3 Å². The molecule has 0 aliphatic carbocycles. The second-order valence-corrected chi connectivity index (χ2v) is 4.05. The van der Waals surface area contributed by atoms with Crippen LogP contribution in [0, 0.1) is 6.92 Å². The van der Waals surface area contributed by atoms with Gasteiger partial charge < -0.3 is 10.0 Å². The lowest BCUT2D eigenvalue weighted by molar-refractivity contribution is 0.112. The standard InChI is InChI=1S/C12H15NO2/c1-9-6-10(8-14)2-3-12(9)13-5-4-11(15)7-13/h2-3,6,8,11,15H,4-5,7H2,1H3. The maximum absolute atomic E-state index is 10.6. The number of aldehydes is 1. The monoisotopic (exact) mass is 205 g/mol. The Bertz CT molecular complexity index is 376. The van der Waals surface area contributed by atoms with E-state index in [0.717, 1.165) is 30.5 Å². The largest absolute Gasteiger partial charge is 0.391 e. The fourth-order valence-corrected chi connectivity index (χ4v) is 2.07. The molecule has 15 heavy (non-hydrogen) atoms. The molecule has 3 nitrogen and oxygen atoms in total. The van der Waals surface area contributed by atoms with Gasteiger partial charge in [0.1, 0.15) is 6.29 Å². The van der Waals surface area contributed by atoms with Gasteiger partial charge in [0.25, 0.3) is 0 Å². The number of carbonyl (C=O) groups excluding carboxylic acids is 1. The van der Waals surface area contributed by atoms with Gasteiger partial charge in [0.15, 0.2) is 0 Å². The van der Waals surface area contributed by atoms with Crippen molar-refractivity contribution in [1.29, 1.82) is 0 Å². The minimum atomic E-state index is -0.213. The topological polar surface area (TPSA) is 40.5 Å². The molecule has 0 spiro atoms. The molecule has 1 heterocycles. The predicted octanol–water partition coefficient (Wildman–Crippen LogP) is 1.38. The van der Waals surface area contributed by atoms with Crippen LogP contribution in [-0.2, 0) is 0 Å². The number of rotatable bonds is 2. The Morgan fingerprint density at radius 1 is 1.53 bits per heavy atom. The number of hydrogen-bond donors (Lipinski definition) is 1. The molecule has 80 valence electrons. The van der Waals surface area contributed by atoms with E-state index in [1.165, 1.54) is 0 Å². The third kappa shape index (κ3) is 2.02. The van der Waals surface area contributed by atoms with Crippen LogP contribution in [0.25, 0.3) is 0 Å². The molecular weight excluding hydrogens is 190 g/mol. The van der Waals surface area contributed by atoms with Gasteiger partial charge in [0, 0.05) is 24.3 Å². The van der Waals surface area contributed by atoms with Gasteiger partial charge in [-0.3, -0.25) is 4.79 Å². The molecule has 3 heteroatoms. The van der Waals surface area contributed by atoms with Crippen LogP contribution in [0.3, 0.4) is 0 Å². The van der Waals surface area contributed by atoms with E-state index in [-0.39, 0.29) is 6.10 Å². The van der Waals surface area contributed by atoms with Gasteiger partial charge in [-0.05, 0) is 37.1 Å². The van der Waals surface area contributed by atoms with E-state index in [4.69, 9.17) is 0 Å². The molecule has 1 fully saturated rings. The number of hydrogen-bond acceptors (Lipinski definition) is 3. The zero-order valence-electron chi connectivity index (χ0n) is 8.81. The molecule has 1 saturated heterocycles. The second kappa shape index (κ2) is 4.03. The molecule has 1 atom stereocenters. The van der Waals surface area contributed by atoms with E-state index < -0.39 is 0 Å². The van der Waals surface area contributed by atoms with E-state index in [1.807, 2.05) is 25.1 Å². The zero-order chi connectivity index (χ0) is 10.8. The van der Waals surface area contributed by atoms with Crippen molar-refractivity contribution >= 4 is 12.0 Å². The summed E-state index contributed by atoms with van der Waals surface area (Å²) in [6.45, 7) is 3.58. The quantitative estimate of drug-likeness (QED) is 0.741. The highest BCUT2D eigenvalue weighted by Crippen LogP contribution is 2.24. The van der Waals surface area contributed by atoms with Crippen LogP contribution in [0.5, 0.6) is 0 Å². The number of β-amino-alcohol motifs (C(OH)–C–C–N with tert-alkyl or cyclic N) is 1. The molecule has 1 aliphatic rings. The number of aliphatic hydroxyl groups is 1. The van der Waals surface area contributed by atoms with Crippen LogP contribution < -0.4 is 4.90 Å². The van der Waals surface area contributed by atoms with Crippen molar-refractivity contribution in [1.82, 2.24) is 0 Å². The Balaban J connectivity index is 2.25. The maximum atomic E-state index is 10.6.